The Balaban J connectivity index is 0. The van der Waals surface area contributed by atoms with Gasteiger partial charge in [0.2, 0.25) is 0 Å². The van der Waals surface area contributed by atoms with Crippen molar-refractivity contribution in [3.63, 3.8) is 0 Å². The largest absolute Gasteiger partial charge is 0.480 e. The molecule has 0 spiro atoms. The first-order valence-electron chi connectivity index (χ1n) is 3.22. The van der Waals surface area contributed by atoms with E-state index in [9.17, 15) is 4.79 Å². The third-order valence-electron chi connectivity index (χ3n) is 0.805. The number of hydrogen-bond donors (Lipinski definition) is 3. The average Bonchev–Trinajstić information content (AvgIpc) is 1.90. The van der Waals surface area contributed by atoms with Gasteiger partial charge < -0.3 is 15.9 Å². The number of hydrogen-bond acceptors (Lipinski definition) is 3. The number of aliphatic carboxylic acids is 1. The van der Waals surface area contributed by atoms with E-state index in [4.69, 9.17) is 15.9 Å². The number of carbonyl (C=O) groups is 1. The van der Waals surface area contributed by atoms with Crippen LogP contribution in [-0.4, -0.2) is 28.3 Å². The van der Waals surface area contributed by atoms with E-state index in [0.717, 1.165) is 0 Å². The minimum absolute atomic E-state index is 0.979. The predicted octanol–water partition coefficient (Wildman–Crippen LogP) is -0.195. The second-order valence-electron chi connectivity index (χ2n) is 1.60. The van der Waals surface area contributed by atoms with Gasteiger partial charge in [-0.2, -0.15) is 0 Å². The molecule has 0 fully saturated rings. The second kappa shape index (κ2) is 6.51. The maximum absolute atomic E-state index is 9.86. The molecule has 0 saturated heterocycles. The summed E-state index contributed by atoms with van der Waals surface area (Å²) < 4.78 is 0. The summed E-state index contributed by atoms with van der Waals surface area (Å²) in [5.41, 5.74) is 4.91. The summed E-state index contributed by atoms with van der Waals surface area (Å²) in [4.78, 5) is 9.86. The van der Waals surface area contributed by atoms with Gasteiger partial charge in [0, 0.05) is 0 Å². The van der Waals surface area contributed by atoms with Crippen molar-refractivity contribution in [3.8, 4) is 0 Å². The summed E-state index contributed by atoms with van der Waals surface area (Å²) in [5.74, 6) is -1.18. The van der Waals surface area contributed by atoms with Crippen molar-refractivity contribution >= 4 is 5.97 Å². The molecule has 0 aliphatic rings. The summed E-state index contributed by atoms with van der Waals surface area (Å²) in [6.45, 7) is 5.33. The van der Waals surface area contributed by atoms with Crippen molar-refractivity contribution in [1.29, 1.82) is 0 Å². The summed E-state index contributed by atoms with van der Waals surface area (Å²) in [6.07, 6.45) is -0.979. The van der Waals surface area contributed by atoms with Gasteiger partial charge in [0.15, 0.2) is 0 Å². The van der Waals surface area contributed by atoms with Gasteiger partial charge >= 0.3 is 5.97 Å². The van der Waals surface area contributed by atoms with Crippen LogP contribution in [-0.2, 0) is 4.79 Å². The van der Waals surface area contributed by atoms with Gasteiger partial charge in [-0.25, -0.2) is 0 Å². The fourth-order valence-electron chi connectivity index (χ4n) is 0.206. The van der Waals surface area contributed by atoms with Crippen molar-refractivity contribution in [1.82, 2.24) is 0 Å². The van der Waals surface area contributed by atoms with Gasteiger partial charge in [-0.15, -0.1) is 0 Å². The number of rotatable bonds is 2. The lowest BCUT2D eigenvalue weighted by atomic mass is 10.2. The highest BCUT2D eigenvalue weighted by atomic mass is 16.4. The zero-order valence-corrected chi connectivity index (χ0v) is 6.53. The van der Waals surface area contributed by atoms with Gasteiger partial charge in [0.1, 0.15) is 6.04 Å². The highest BCUT2D eigenvalue weighted by Crippen LogP contribution is 1.85. The van der Waals surface area contributed by atoms with Crippen LogP contribution in [0, 0.1) is 0 Å². The number of carboxylic acids is 1. The standard InChI is InChI=1S/C4H9NO3.C2H6/c1-2(6)3(5)4(7)8;1-2/h2-3,6H,5H2,1H3,(H,7,8);1-2H3/t2-,3+;/m1./s1. The lowest BCUT2D eigenvalue weighted by molar-refractivity contribution is -0.140. The zero-order chi connectivity index (χ0) is 8.73. The van der Waals surface area contributed by atoms with Gasteiger partial charge in [-0.05, 0) is 6.92 Å². The molecule has 0 aromatic heterocycles. The monoisotopic (exact) mass is 149 g/mol. The molecular weight excluding hydrogens is 134 g/mol. The maximum Gasteiger partial charge on any atom is 0.323 e. The van der Waals surface area contributed by atoms with E-state index in [1.54, 1.807) is 0 Å². The average molecular weight is 149 g/mol. The Morgan fingerprint density at radius 1 is 1.50 bits per heavy atom. The van der Waals surface area contributed by atoms with Crippen LogP contribution in [0.4, 0.5) is 0 Å². The molecule has 4 heteroatoms. The Morgan fingerprint density at radius 2 is 1.80 bits per heavy atom. The van der Waals surface area contributed by atoms with Gasteiger partial charge in [0.05, 0.1) is 6.10 Å². The molecule has 0 rings (SSSR count). The zero-order valence-electron chi connectivity index (χ0n) is 6.53. The minimum atomic E-state index is -1.18. The lowest BCUT2D eigenvalue weighted by Gasteiger charge is -2.06. The fourth-order valence-corrected chi connectivity index (χ4v) is 0.206. The lowest BCUT2D eigenvalue weighted by Crippen LogP contribution is -2.39. The van der Waals surface area contributed by atoms with Crippen molar-refractivity contribution < 1.29 is 15.0 Å². The predicted molar refractivity (Wildman–Crippen MR) is 38.6 cm³/mol. The molecule has 0 bridgehead atoms. The molecule has 0 aliphatic heterocycles. The Bertz CT molecular complexity index is 93.0. The van der Waals surface area contributed by atoms with E-state index < -0.39 is 18.1 Å². The quantitative estimate of drug-likeness (QED) is 0.508. The van der Waals surface area contributed by atoms with Crippen LogP contribution < -0.4 is 5.73 Å². The maximum atomic E-state index is 9.86. The Kier molecular flexibility index (Phi) is 7.88. The van der Waals surface area contributed by atoms with E-state index in [1.807, 2.05) is 13.8 Å². The van der Waals surface area contributed by atoms with Gasteiger partial charge in [-0.1, -0.05) is 13.8 Å². The Morgan fingerprint density at radius 3 is 1.80 bits per heavy atom. The van der Waals surface area contributed by atoms with Crippen LogP contribution in [0.25, 0.3) is 0 Å². The first kappa shape index (κ1) is 12.1. The molecule has 0 aromatic rings. The number of carboxylic acid groups (broad SMARTS) is 1. The highest BCUT2D eigenvalue weighted by Gasteiger charge is 2.16. The van der Waals surface area contributed by atoms with Gasteiger partial charge in [-0.3, -0.25) is 4.79 Å². The van der Waals surface area contributed by atoms with Crippen LogP contribution in [0.3, 0.4) is 0 Å². The van der Waals surface area contributed by atoms with Crippen LogP contribution in [0.2, 0.25) is 0 Å². The van der Waals surface area contributed by atoms with E-state index in [-0.39, 0.29) is 0 Å². The molecule has 0 saturated carbocycles. The number of nitrogens with two attached hydrogens (primary N) is 1. The molecule has 62 valence electrons. The van der Waals surface area contributed by atoms with Crippen LogP contribution in [0.15, 0.2) is 0 Å². The molecule has 0 unspecified atom stereocenters. The molecule has 0 heterocycles. The Labute approximate surface area is 60.7 Å². The summed E-state index contributed by atoms with van der Waals surface area (Å²) in [7, 11) is 0. The molecular formula is C6H15NO3. The molecule has 0 aliphatic carbocycles. The fraction of sp³-hybridized carbons (Fsp3) is 0.833. The van der Waals surface area contributed by atoms with Crippen molar-refractivity contribution in [2.24, 2.45) is 5.73 Å². The first-order valence-corrected chi connectivity index (χ1v) is 3.22. The molecule has 4 N–H and O–H groups in total. The van der Waals surface area contributed by atoms with Crippen molar-refractivity contribution in [2.75, 3.05) is 0 Å². The SMILES string of the molecule is CC.C[C@@H](O)[C@H](N)C(=O)O. The number of aliphatic hydroxyl groups is 1. The van der Waals surface area contributed by atoms with E-state index in [1.165, 1.54) is 6.92 Å². The molecule has 0 radical (unpaired) electrons. The highest BCUT2D eigenvalue weighted by molar-refractivity contribution is 5.73. The first-order chi connectivity index (χ1) is 4.55. The summed E-state index contributed by atoms with van der Waals surface area (Å²) in [5, 5.41) is 16.6. The van der Waals surface area contributed by atoms with Gasteiger partial charge in [0.25, 0.3) is 0 Å². The van der Waals surface area contributed by atoms with E-state index in [2.05, 4.69) is 0 Å². The molecule has 2 atom stereocenters. The van der Waals surface area contributed by atoms with E-state index in [0.29, 0.717) is 0 Å². The third kappa shape index (κ3) is 5.53. The second-order valence-corrected chi connectivity index (χ2v) is 1.60. The topological polar surface area (TPSA) is 83.5 Å². The third-order valence-corrected chi connectivity index (χ3v) is 0.805. The minimum Gasteiger partial charge on any atom is -0.480 e. The van der Waals surface area contributed by atoms with Crippen LogP contribution in [0.5, 0.6) is 0 Å². The van der Waals surface area contributed by atoms with Crippen LogP contribution >= 0.6 is 0 Å². The molecule has 0 aromatic carbocycles. The summed E-state index contributed by atoms with van der Waals surface area (Å²) in [6, 6.07) is -1.16. The normalized spacial score (nSPS) is 14.5. The molecule has 4 nitrogen and oxygen atoms in total. The smallest absolute Gasteiger partial charge is 0.323 e. The Hall–Kier alpha value is -0.610. The van der Waals surface area contributed by atoms with Crippen LogP contribution in [0.1, 0.15) is 20.8 Å². The number of aliphatic hydroxyl groups excluding tert-OH is 1. The van der Waals surface area contributed by atoms with Crippen molar-refractivity contribution in [3.05, 3.63) is 0 Å². The molecule has 0 amide bonds. The van der Waals surface area contributed by atoms with E-state index >= 15 is 0 Å². The van der Waals surface area contributed by atoms with Crippen molar-refractivity contribution in [2.45, 2.75) is 32.9 Å². The summed E-state index contributed by atoms with van der Waals surface area (Å²) >= 11 is 0. The molecule has 10 heavy (non-hydrogen) atoms.